The Morgan fingerprint density at radius 2 is 1.71 bits per heavy atom. The van der Waals surface area contributed by atoms with Crippen LogP contribution in [0.4, 0.5) is 0 Å². The van der Waals surface area contributed by atoms with Crippen LogP contribution < -0.4 is 15.0 Å². The van der Waals surface area contributed by atoms with Crippen molar-refractivity contribution >= 4 is 37.6 Å². The van der Waals surface area contributed by atoms with Gasteiger partial charge in [0.1, 0.15) is 18.5 Å². The van der Waals surface area contributed by atoms with Crippen LogP contribution in [0.1, 0.15) is 6.42 Å². The fourth-order valence-corrected chi connectivity index (χ4v) is 5.56. The van der Waals surface area contributed by atoms with Gasteiger partial charge in [0.05, 0.1) is 17.5 Å². The van der Waals surface area contributed by atoms with Crippen LogP contribution in [0.3, 0.4) is 0 Å². The van der Waals surface area contributed by atoms with E-state index in [0.717, 1.165) is 21.7 Å². The van der Waals surface area contributed by atoms with E-state index in [-0.39, 0.29) is 23.0 Å². The Labute approximate surface area is 196 Å². The number of methoxy groups -OCH3 is 1. The summed E-state index contributed by atoms with van der Waals surface area (Å²) < 4.78 is 35.4. The second kappa shape index (κ2) is 8.58. The molecule has 1 fully saturated rings. The van der Waals surface area contributed by atoms with Gasteiger partial charge in [0, 0.05) is 12.6 Å². The van der Waals surface area contributed by atoms with E-state index in [1.54, 1.807) is 31.4 Å². The number of amides is 1. The number of likely N-dealkylation sites (tertiary alicyclic amines) is 1. The number of pyridine rings is 1. The number of nitrogens with one attached hydrogen (secondary N) is 1. The highest BCUT2D eigenvalue weighted by atomic mass is 32.2. The molecule has 1 aromatic heterocycles. The second-order valence-corrected chi connectivity index (χ2v) is 9.95. The van der Waals surface area contributed by atoms with Gasteiger partial charge in [0.25, 0.3) is 5.56 Å². The van der Waals surface area contributed by atoms with Crippen molar-refractivity contribution in [3.8, 4) is 5.75 Å². The lowest BCUT2D eigenvalue weighted by Gasteiger charge is -2.20. The van der Waals surface area contributed by atoms with Crippen molar-refractivity contribution in [1.29, 1.82) is 0 Å². The number of carbonyl (C=O) groups is 1. The molecule has 8 nitrogen and oxygen atoms in total. The molecule has 1 saturated heterocycles. The third-order valence-electron chi connectivity index (χ3n) is 6.14. The average molecular weight is 478 g/mol. The summed E-state index contributed by atoms with van der Waals surface area (Å²) in [5.41, 5.74) is 0.501. The van der Waals surface area contributed by atoms with Crippen molar-refractivity contribution in [2.45, 2.75) is 24.0 Å². The summed E-state index contributed by atoms with van der Waals surface area (Å²) in [6.07, 6.45) is 0.318. The molecule has 1 aliphatic heterocycles. The number of hydrogen-bond donors (Lipinski definition) is 1. The molecule has 1 aliphatic rings. The van der Waals surface area contributed by atoms with Crippen LogP contribution in [0.5, 0.6) is 5.75 Å². The van der Waals surface area contributed by atoms with Gasteiger partial charge in [-0.15, -0.1) is 0 Å². The molecule has 1 N–H and O–H groups in total. The molecule has 0 spiro atoms. The van der Waals surface area contributed by atoms with Gasteiger partial charge in [-0.2, -0.15) is 4.72 Å². The lowest BCUT2D eigenvalue weighted by Crippen LogP contribution is -2.42. The quantitative estimate of drug-likeness (QED) is 0.461. The molecule has 0 radical (unpaired) electrons. The summed E-state index contributed by atoms with van der Waals surface area (Å²) in [7, 11) is -2.38. The molecule has 34 heavy (non-hydrogen) atoms. The van der Waals surface area contributed by atoms with Crippen LogP contribution >= 0.6 is 0 Å². The van der Waals surface area contributed by atoms with Gasteiger partial charge in [-0.25, -0.2) is 8.42 Å². The van der Waals surface area contributed by atoms with E-state index in [4.69, 9.17) is 4.74 Å². The lowest BCUT2D eigenvalue weighted by molar-refractivity contribution is -0.130. The van der Waals surface area contributed by atoms with Crippen LogP contribution in [0.25, 0.3) is 21.7 Å². The van der Waals surface area contributed by atoms with Crippen molar-refractivity contribution in [2.24, 2.45) is 0 Å². The van der Waals surface area contributed by atoms with E-state index in [9.17, 15) is 18.0 Å². The highest BCUT2D eigenvalue weighted by Crippen LogP contribution is 2.25. The molecule has 3 aromatic carbocycles. The first-order valence-corrected chi connectivity index (χ1v) is 12.3. The number of para-hydroxylation sites is 1. The van der Waals surface area contributed by atoms with E-state index in [1.807, 2.05) is 36.4 Å². The molecule has 0 aliphatic carbocycles. The van der Waals surface area contributed by atoms with E-state index in [1.165, 1.54) is 21.6 Å². The van der Waals surface area contributed by atoms with Crippen molar-refractivity contribution in [2.75, 3.05) is 13.7 Å². The fraction of sp³-hybridized carbons (Fsp3) is 0.200. The maximum absolute atomic E-state index is 13.1. The van der Waals surface area contributed by atoms with Gasteiger partial charge in [-0.05, 0) is 59.0 Å². The largest absolute Gasteiger partial charge is 0.497 e. The van der Waals surface area contributed by atoms with E-state index in [0.29, 0.717) is 18.7 Å². The number of benzene rings is 3. The van der Waals surface area contributed by atoms with Crippen molar-refractivity contribution in [3.05, 3.63) is 83.2 Å². The summed E-state index contributed by atoms with van der Waals surface area (Å²) >= 11 is 0. The first-order valence-electron chi connectivity index (χ1n) is 10.8. The number of nitrogens with zero attached hydrogens (tertiary/aromatic N) is 2. The Bertz CT molecular complexity index is 1580. The summed E-state index contributed by atoms with van der Waals surface area (Å²) in [6, 6.07) is 20.0. The van der Waals surface area contributed by atoms with Gasteiger partial charge in [0.15, 0.2) is 0 Å². The molecule has 5 rings (SSSR count). The molecule has 2 heterocycles. The minimum absolute atomic E-state index is 0.0625. The van der Waals surface area contributed by atoms with Crippen LogP contribution in [0.2, 0.25) is 0 Å². The highest BCUT2D eigenvalue weighted by molar-refractivity contribution is 7.89. The van der Waals surface area contributed by atoms with E-state index >= 15 is 0 Å². The molecular formula is C25H23N3O5S. The number of hydrogen-bond acceptors (Lipinski definition) is 5. The zero-order chi connectivity index (χ0) is 23.9. The van der Waals surface area contributed by atoms with Crippen molar-refractivity contribution in [1.82, 2.24) is 14.2 Å². The van der Waals surface area contributed by atoms with Crippen molar-refractivity contribution < 1.29 is 17.9 Å². The van der Waals surface area contributed by atoms with E-state index < -0.39 is 16.1 Å². The maximum Gasteiger partial charge on any atom is 0.252 e. The Hall–Kier alpha value is -3.69. The minimum atomic E-state index is -3.93. The van der Waals surface area contributed by atoms with Crippen molar-refractivity contribution in [3.63, 3.8) is 0 Å². The van der Waals surface area contributed by atoms with Gasteiger partial charge in [-0.1, -0.05) is 30.3 Å². The Kier molecular flexibility index (Phi) is 5.59. The van der Waals surface area contributed by atoms with Crippen LogP contribution in [0, 0.1) is 0 Å². The number of carbonyl (C=O) groups excluding carboxylic acids is 1. The summed E-state index contributed by atoms with van der Waals surface area (Å²) in [4.78, 5) is 27.1. The lowest BCUT2D eigenvalue weighted by atomic mass is 10.1. The Morgan fingerprint density at radius 1 is 0.941 bits per heavy atom. The average Bonchev–Trinajstić information content (AvgIpc) is 3.18. The molecule has 0 unspecified atom stereocenters. The molecule has 1 amide bonds. The normalized spacial score (nSPS) is 16.4. The SMILES string of the molecule is COc1ccc2ccc(S(=O)(=O)N[C@H]3CCN(Cn4c(=O)ccc5ccccc54)C3=O)cc2c1. The zero-order valence-corrected chi connectivity index (χ0v) is 19.3. The Morgan fingerprint density at radius 3 is 2.53 bits per heavy atom. The first kappa shape index (κ1) is 22.1. The van der Waals surface area contributed by atoms with Crippen LogP contribution in [-0.2, 0) is 21.5 Å². The highest BCUT2D eigenvalue weighted by Gasteiger charge is 2.35. The molecule has 4 aromatic rings. The number of ether oxygens (including phenoxy) is 1. The van der Waals surface area contributed by atoms with Gasteiger partial charge < -0.3 is 9.64 Å². The number of fused-ring (bicyclic) bond motifs is 2. The molecule has 0 saturated carbocycles. The predicted molar refractivity (Wildman–Crippen MR) is 129 cm³/mol. The number of aromatic nitrogens is 1. The maximum atomic E-state index is 13.1. The summed E-state index contributed by atoms with van der Waals surface area (Å²) in [6.45, 7) is 0.406. The monoisotopic (exact) mass is 477 g/mol. The molecule has 174 valence electrons. The number of rotatable bonds is 6. The Balaban J connectivity index is 1.36. The molecule has 1 atom stereocenters. The summed E-state index contributed by atoms with van der Waals surface area (Å²) in [5, 5.41) is 2.49. The fourth-order valence-electron chi connectivity index (χ4n) is 4.30. The minimum Gasteiger partial charge on any atom is -0.497 e. The molecule has 0 bridgehead atoms. The first-order chi connectivity index (χ1) is 16.4. The zero-order valence-electron chi connectivity index (χ0n) is 18.5. The van der Waals surface area contributed by atoms with Crippen LogP contribution in [0.15, 0.2) is 82.5 Å². The second-order valence-electron chi connectivity index (χ2n) is 8.24. The van der Waals surface area contributed by atoms with Gasteiger partial charge in [0.2, 0.25) is 15.9 Å². The predicted octanol–water partition coefficient (Wildman–Crippen LogP) is 2.70. The standard InChI is InChI=1S/C25H23N3O5S/c1-33-20-9-6-17-7-10-21(15-19(17)14-20)34(31,32)26-22-12-13-27(25(22)30)16-28-23-5-3-2-4-18(23)8-11-24(28)29/h2-11,14-15,22,26H,12-13,16H2,1H3/t22-/m0/s1. The van der Waals surface area contributed by atoms with Crippen LogP contribution in [-0.4, -0.2) is 43.5 Å². The van der Waals surface area contributed by atoms with E-state index in [2.05, 4.69) is 4.72 Å². The summed E-state index contributed by atoms with van der Waals surface area (Å²) in [5.74, 6) is 0.270. The smallest absolute Gasteiger partial charge is 0.252 e. The molecular weight excluding hydrogens is 454 g/mol. The van der Waals surface area contributed by atoms with Gasteiger partial charge in [-0.3, -0.25) is 14.2 Å². The third-order valence-corrected chi connectivity index (χ3v) is 7.60. The third kappa shape index (κ3) is 4.04. The van der Waals surface area contributed by atoms with Gasteiger partial charge >= 0.3 is 0 Å². The molecule has 9 heteroatoms. The topological polar surface area (TPSA) is 97.7 Å². The number of sulfonamides is 1.